The van der Waals surface area contributed by atoms with Gasteiger partial charge < -0.3 is 4.90 Å². The zero-order valence-electron chi connectivity index (χ0n) is 17.9. The van der Waals surface area contributed by atoms with E-state index in [4.69, 9.17) is 0 Å². The monoisotopic (exact) mass is 409 g/mol. The molecule has 1 aliphatic rings. The van der Waals surface area contributed by atoms with Crippen LogP contribution in [0.1, 0.15) is 35.7 Å². The van der Waals surface area contributed by atoms with Crippen LogP contribution in [0.25, 0.3) is 21.9 Å². The Morgan fingerprint density at radius 3 is 2.58 bits per heavy atom. The molecule has 31 heavy (non-hydrogen) atoms. The number of benzene rings is 2. The van der Waals surface area contributed by atoms with Crippen LogP contribution in [0.4, 0.5) is 0 Å². The second-order valence-electron chi connectivity index (χ2n) is 8.53. The van der Waals surface area contributed by atoms with E-state index in [0.717, 1.165) is 29.8 Å². The highest BCUT2D eigenvalue weighted by atomic mass is 16.2. The number of rotatable bonds is 5. The highest BCUT2D eigenvalue weighted by Crippen LogP contribution is 2.26. The van der Waals surface area contributed by atoms with Gasteiger partial charge in [0.15, 0.2) is 0 Å². The Bertz CT molecular complexity index is 1190. The largest absolute Gasteiger partial charge is 0.300 e. The minimum atomic E-state index is -0.0671. The maximum absolute atomic E-state index is 12.7. The van der Waals surface area contributed by atoms with E-state index in [2.05, 4.69) is 59.3 Å². The lowest BCUT2D eigenvalue weighted by molar-refractivity contribution is 0.0960. The predicted octanol–water partition coefficient (Wildman–Crippen LogP) is 5.42. The average molecular weight is 410 g/mol. The first-order valence-electron chi connectivity index (χ1n) is 11.1. The molecule has 0 bridgehead atoms. The van der Waals surface area contributed by atoms with Crippen LogP contribution in [0, 0.1) is 0 Å². The molecule has 0 amide bonds. The van der Waals surface area contributed by atoms with Gasteiger partial charge in [0.1, 0.15) is 0 Å². The number of likely N-dealkylation sites (tertiary alicyclic amines) is 1. The lowest BCUT2D eigenvalue weighted by Gasteiger charge is -2.20. The lowest BCUT2D eigenvalue weighted by Crippen LogP contribution is -2.28. The van der Waals surface area contributed by atoms with E-state index < -0.39 is 0 Å². The first kappa shape index (κ1) is 19.7. The van der Waals surface area contributed by atoms with Crippen LogP contribution in [-0.4, -0.2) is 39.5 Å². The van der Waals surface area contributed by atoms with Crippen molar-refractivity contribution in [3.05, 3.63) is 90.5 Å². The number of hydrogen-bond donors (Lipinski definition) is 0. The van der Waals surface area contributed by atoms with Gasteiger partial charge in [-0.25, -0.2) is 0 Å². The Balaban J connectivity index is 1.32. The van der Waals surface area contributed by atoms with Crippen molar-refractivity contribution in [2.75, 3.05) is 13.1 Å². The minimum Gasteiger partial charge on any atom is -0.300 e. The summed E-state index contributed by atoms with van der Waals surface area (Å²) in [7, 11) is 0. The third-order valence-electron chi connectivity index (χ3n) is 6.45. The molecule has 5 rings (SSSR count). The van der Waals surface area contributed by atoms with Gasteiger partial charge in [0.05, 0.1) is 5.56 Å². The fourth-order valence-electron chi connectivity index (χ4n) is 4.54. The van der Waals surface area contributed by atoms with Gasteiger partial charge in [0.2, 0.25) is 0 Å². The summed E-state index contributed by atoms with van der Waals surface area (Å²) in [6, 6.07) is 19.6. The number of nitrogens with zero attached hydrogens (tertiary/aromatic N) is 3. The van der Waals surface area contributed by atoms with Gasteiger partial charge in [-0.15, -0.1) is 0 Å². The molecule has 0 N–H and O–H groups in total. The molecule has 4 heteroatoms. The van der Waals surface area contributed by atoms with Crippen molar-refractivity contribution in [3.8, 4) is 11.1 Å². The number of hydrogen-bond acceptors (Lipinski definition) is 3. The zero-order valence-corrected chi connectivity index (χ0v) is 17.9. The van der Waals surface area contributed by atoms with Crippen molar-refractivity contribution in [2.45, 2.75) is 32.2 Å². The van der Waals surface area contributed by atoms with Crippen LogP contribution in [0.2, 0.25) is 0 Å². The first-order valence-corrected chi connectivity index (χ1v) is 11.1. The van der Waals surface area contributed by atoms with Gasteiger partial charge in [-0.1, -0.05) is 36.4 Å². The summed E-state index contributed by atoms with van der Waals surface area (Å²) in [4.78, 5) is 19.3. The van der Waals surface area contributed by atoms with Crippen LogP contribution < -0.4 is 0 Å². The Labute approximate surface area is 183 Å². The standard InChI is InChI=1S/C27H27N3O/c1-20-4-3-14-29(20)15-12-21-6-8-22(9-7-21)23-10-11-25-18-30(19-26(25)16-23)27(31)24-5-2-13-28-17-24/h2,5-11,13,16-20H,3-4,12,14-15H2,1H3/t20-/m1/s1. The molecule has 1 atom stereocenters. The smallest absolute Gasteiger partial charge is 0.263 e. The molecule has 0 unspecified atom stereocenters. The molecule has 0 saturated carbocycles. The molecule has 1 saturated heterocycles. The third kappa shape index (κ3) is 4.17. The number of carbonyl (C=O) groups excluding carboxylic acids is 1. The molecule has 0 aliphatic carbocycles. The lowest BCUT2D eigenvalue weighted by atomic mass is 10.0. The molecule has 1 aliphatic heterocycles. The van der Waals surface area contributed by atoms with Gasteiger partial charge in [0.25, 0.3) is 5.91 Å². The molecule has 4 nitrogen and oxygen atoms in total. The van der Waals surface area contributed by atoms with Gasteiger partial charge >= 0.3 is 0 Å². The first-order chi connectivity index (χ1) is 15.2. The summed E-state index contributed by atoms with van der Waals surface area (Å²) in [5, 5.41) is 2.11. The molecule has 3 heterocycles. The van der Waals surface area contributed by atoms with E-state index in [1.54, 1.807) is 29.1 Å². The van der Waals surface area contributed by atoms with Crippen molar-refractivity contribution >= 4 is 16.7 Å². The molecule has 2 aromatic heterocycles. The number of aromatic nitrogens is 2. The number of pyridine rings is 1. The van der Waals surface area contributed by atoms with Crippen molar-refractivity contribution in [3.63, 3.8) is 0 Å². The predicted molar refractivity (Wildman–Crippen MR) is 125 cm³/mol. The van der Waals surface area contributed by atoms with Crippen LogP contribution in [0.5, 0.6) is 0 Å². The highest BCUT2D eigenvalue weighted by molar-refractivity contribution is 5.99. The fraction of sp³-hybridized carbons (Fsp3) is 0.259. The van der Waals surface area contributed by atoms with Gasteiger partial charge in [0, 0.05) is 42.8 Å². The molecule has 4 aromatic rings. The van der Waals surface area contributed by atoms with E-state index in [1.165, 1.54) is 36.1 Å². The summed E-state index contributed by atoms with van der Waals surface area (Å²) < 4.78 is 1.65. The third-order valence-corrected chi connectivity index (χ3v) is 6.45. The number of fused-ring (bicyclic) bond motifs is 1. The van der Waals surface area contributed by atoms with Crippen molar-refractivity contribution in [2.24, 2.45) is 0 Å². The summed E-state index contributed by atoms with van der Waals surface area (Å²) in [5.41, 5.74) is 4.34. The Morgan fingerprint density at radius 1 is 1.03 bits per heavy atom. The second-order valence-corrected chi connectivity index (χ2v) is 8.53. The Kier molecular flexibility index (Phi) is 5.39. The Morgan fingerprint density at radius 2 is 1.84 bits per heavy atom. The highest BCUT2D eigenvalue weighted by Gasteiger charge is 2.19. The van der Waals surface area contributed by atoms with Crippen LogP contribution in [0.15, 0.2) is 79.4 Å². The summed E-state index contributed by atoms with van der Waals surface area (Å²) in [6.07, 6.45) is 10.8. The van der Waals surface area contributed by atoms with Crippen molar-refractivity contribution in [1.82, 2.24) is 14.5 Å². The minimum absolute atomic E-state index is 0.0671. The molecule has 2 aromatic carbocycles. The summed E-state index contributed by atoms with van der Waals surface area (Å²) in [6.45, 7) is 4.72. The van der Waals surface area contributed by atoms with Gasteiger partial charge in [-0.05, 0) is 73.0 Å². The van der Waals surface area contributed by atoms with Gasteiger partial charge in [-0.3, -0.25) is 14.3 Å². The average Bonchev–Trinajstić information content (AvgIpc) is 3.43. The van der Waals surface area contributed by atoms with E-state index in [-0.39, 0.29) is 5.91 Å². The maximum atomic E-state index is 12.7. The van der Waals surface area contributed by atoms with Crippen molar-refractivity contribution in [1.29, 1.82) is 0 Å². The van der Waals surface area contributed by atoms with E-state index in [0.29, 0.717) is 5.56 Å². The van der Waals surface area contributed by atoms with E-state index in [1.807, 2.05) is 12.4 Å². The van der Waals surface area contributed by atoms with E-state index >= 15 is 0 Å². The van der Waals surface area contributed by atoms with Crippen molar-refractivity contribution < 1.29 is 4.79 Å². The summed E-state index contributed by atoms with van der Waals surface area (Å²) >= 11 is 0. The maximum Gasteiger partial charge on any atom is 0.263 e. The van der Waals surface area contributed by atoms with Gasteiger partial charge in [-0.2, -0.15) is 0 Å². The summed E-state index contributed by atoms with van der Waals surface area (Å²) in [5.74, 6) is -0.0671. The van der Waals surface area contributed by atoms with Crippen LogP contribution in [-0.2, 0) is 6.42 Å². The topological polar surface area (TPSA) is 38.1 Å². The molecular weight excluding hydrogens is 382 g/mol. The Hall–Kier alpha value is -3.24. The molecule has 156 valence electrons. The zero-order chi connectivity index (χ0) is 21.2. The van der Waals surface area contributed by atoms with Crippen LogP contribution in [0.3, 0.4) is 0 Å². The molecule has 0 radical (unpaired) electrons. The molecule has 0 spiro atoms. The number of carbonyl (C=O) groups is 1. The van der Waals surface area contributed by atoms with Crippen LogP contribution >= 0.6 is 0 Å². The normalized spacial score (nSPS) is 16.7. The van der Waals surface area contributed by atoms with E-state index in [9.17, 15) is 4.79 Å². The SMILES string of the molecule is C[C@@H]1CCCN1CCc1ccc(-c2ccc3cn(C(=O)c4cccnc4)cc3c2)cc1. The quantitative estimate of drug-likeness (QED) is 0.442. The molecule has 1 fully saturated rings. The fourth-order valence-corrected chi connectivity index (χ4v) is 4.54. The second kappa shape index (κ2) is 8.48. The molecular formula is C27H27N3O.